The number of likely N-dealkylation sites (tertiary alicyclic amines) is 1. The Hall–Kier alpha value is -2.25. The van der Waals surface area contributed by atoms with Crippen LogP contribution in [0, 0.1) is 0 Å². The van der Waals surface area contributed by atoms with E-state index in [0.717, 1.165) is 5.69 Å². The second-order valence-electron chi connectivity index (χ2n) is 6.52. The first-order valence-electron chi connectivity index (χ1n) is 8.76. The van der Waals surface area contributed by atoms with Crippen LogP contribution in [-0.4, -0.2) is 48.0 Å². The van der Waals surface area contributed by atoms with Crippen molar-refractivity contribution in [3.05, 3.63) is 59.4 Å². The smallest absolute Gasteiger partial charge is 0.319 e. The molecule has 27 heavy (non-hydrogen) atoms. The standard InChI is InChI=1S/C19H21ClF2N4O/c20-13-6-7-16(23-10-13)15-11-26(12-18(21)22)9-8-17(15)25-19(27)24-14-4-2-1-3-5-14/h1-7,10,15,17-18H,8-9,11-12H2,(H2,24,25,27). The van der Waals surface area contributed by atoms with Gasteiger partial charge in [-0.2, -0.15) is 0 Å². The zero-order chi connectivity index (χ0) is 19.2. The number of piperidine rings is 1. The molecule has 0 spiro atoms. The van der Waals surface area contributed by atoms with E-state index in [-0.39, 0.29) is 24.5 Å². The summed E-state index contributed by atoms with van der Waals surface area (Å²) in [5.41, 5.74) is 1.41. The third kappa shape index (κ3) is 5.61. The number of nitrogens with zero attached hydrogens (tertiary/aromatic N) is 2. The Morgan fingerprint density at radius 3 is 2.70 bits per heavy atom. The van der Waals surface area contributed by atoms with Gasteiger partial charge in [0.05, 0.1) is 11.6 Å². The number of hydrogen-bond acceptors (Lipinski definition) is 3. The number of pyridine rings is 1. The molecule has 1 saturated heterocycles. The number of carbonyl (C=O) groups is 1. The maximum Gasteiger partial charge on any atom is 0.319 e. The van der Waals surface area contributed by atoms with Crippen LogP contribution < -0.4 is 10.6 Å². The molecule has 0 radical (unpaired) electrons. The first-order chi connectivity index (χ1) is 13.0. The van der Waals surface area contributed by atoms with E-state index in [9.17, 15) is 13.6 Å². The summed E-state index contributed by atoms with van der Waals surface area (Å²) in [6.45, 7) is 0.604. The molecule has 2 unspecified atom stereocenters. The molecule has 2 aromatic rings. The van der Waals surface area contributed by atoms with Crippen LogP contribution in [0.15, 0.2) is 48.7 Å². The summed E-state index contributed by atoms with van der Waals surface area (Å²) < 4.78 is 25.6. The van der Waals surface area contributed by atoms with E-state index in [1.807, 2.05) is 18.2 Å². The molecule has 2 atom stereocenters. The molecule has 2 N–H and O–H groups in total. The molecule has 1 aliphatic heterocycles. The number of alkyl halides is 2. The lowest BCUT2D eigenvalue weighted by Gasteiger charge is -2.38. The second-order valence-corrected chi connectivity index (χ2v) is 6.95. The van der Waals surface area contributed by atoms with Gasteiger partial charge < -0.3 is 10.6 Å². The zero-order valence-electron chi connectivity index (χ0n) is 14.6. The molecule has 0 aliphatic carbocycles. The van der Waals surface area contributed by atoms with Crippen LogP contribution in [0.2, 0.25) is 5.02 Å². The second kappa shape index (κ2) is 9.10. The fourth-order valence-electron chi connectivity index (χ4n) is 3.32. The Morgan fingerprint density at radius 1 is 1.26 bits per heavy atom. The van der Waals surface area contributed by atoms with E-state index < -0.39 is 6.43 Å². The Morgan fingerprint density at radius 2 is 2.04 bits per heavy atom. The molecule has 0 bridgehead atoms. The van der Waals surface area contributed by atoms with Gasteiger partial charge in [-0.15, -0.1) is 0 Å². The minimum absolute atomic E-state index is 0.198. The molecule has 2 heterocycles. The Labute approximate surface area is 161 Å². The molecular formula is C19H21ClF2N4O. The quantitative estimate of drug-likeness (QED) is 0.806. The fraction of sp³-hybridized carbons (Fsp3) is 0.368. The maximum atomic E-state index is 12.8. The van der Waals surface area contributed by atoms with Crippen molar-refractivity contribution < 1.29 is 13.6 Å². The van der Waals surface area contributed by atoms with E-state index >= 15 is 0 Å². The van der Waals surface area contributed by atoms with Crippen molar-refractivity contribution >= 4 is 23.3 Å². The molecule has 1 aromatic heterocycles. The van der Waals surface area contributed by atoms with Crippen molar-refractivity contribution in [1.82, 2.24) is 15.2 Å². The molecule has 3 rings (SSSR count). The Balaban J connectivity index is 1.71. The first kappa shape index (κ1) is 19.5. The Bertz CT molecular complexity index is 745. The topological polar surface area (TPSA) is 57.3 Å². The molecule has 0 saturated carbocycles. The van der Waals surface area contributed by atoms with Crippen molar-refractivity contribution in [2.45, 2.75) is 24.8 Å². The number of anilines is 1. The first-order valence-corrected chi connectivity index (χ1v) is 9.13. The minimum Gasteiger partial charge on any atom is -0.334 e. The van der Waals surface area contributed by atoms with Crippen LogP contribution >= 0.6 is 11.6 Å². The van der Waals surface area contributed by atoms with Gasteiger partial charge in [-0.3, -0.25) is 9.88 Å². The van der Waals surface area contributed by atoms with Crippen LogP contribution in [0.4, 0.5) is 19.3 Å². The van der Waals surface area contributed by atoms with Gasteiger partial charge in [0.1, 0.15) is 0 Å². The molecule has 1 aliphatic rings. The zero-order valence-corrected chi connectivity index (χ0v) is 15.4. The summed E-state index contributed by atoms with van der Waals surface area (Å²) in [6, 6.07) is 12.1. The highest BCUT2D eigenvalue weighted by molar-refractivity contribution is 6.30. The van der Waals surface area contributed by atoms with E-state index in [4.69, 9.17) is 11.6 Å². The average molecular weight is 395 g/mol. The number of amides is 2. The van der Waals surface area contributed by atoms with Crippen LogP contribution in [0.25, 0.3) is 0 Å². The van der Waals surface area contributed by atoms with E-state index in [1.54, 1.807) is 29.2 Å². The molecule has 8 heteroatoms. The predicted octanol–water partition coefficient (Wildman–Crippen LogP) is 3.98. The highest BCUT2D eigenvalue weighted by Gasteiger charge is 2.33. The number of hydrogen-bond donors (Lipinski definition) is 2. The third-order valence-electron chi connectivity index (χ3n) is 4.57. The minimum atomic E-state index is -2.39. The Kier molecular flexibility index (Phi) is 6.58. The third-order valence-corrected chi connectivity index (χ3v) is 4.80. The van der Waals surface area contributed by atoms with Crippen LogP contribution in [0.3, 0.4) is 0 Å². The molecule has 2 amide bonds. The van der Waals surface area contributed by atoms with Gasteiger partial charge >= 0.3 is 6.03 Å². The summed E-state index contributed by atoms with van der Waals surface area (Å²) in [5.74, 6) is -0.198. The summed E-state index contributed by atoms with van der Waals surface area (Å²) in [6.07, 6.45) is -0.303. The lowest BCUT2D eigenvalue weighted by Crippen LogP contribution is -2.51. The van der Waals surface area contributed by atoms with Gasteiger partial charge in [0.15, 0.2) is 0 Å². The summed E-state index contributed by atoms with van der Waals surface area (Å²) in [4.78, 5) is 18.4. The largest absolute Gasteiger partial charge is 0.334 e. The van der Waals surface area contributed by atoms with E-state index in [2.05, 4.69) is 15.6 Å². The number of nitrogens with one attached hydrogen (secondary N) is 2. The highest BCUT2D eigenvalue weighted by Crippen LogP contribution is 2.27. The van der Waals surface area contributed by atoms with Crippen molar-refractivity contribution in [1.29, 1.82) is 0 Å². The number of para-hydroxylation sites is 1. The van der Waals surface area contributed by atoms with Gasteiger partial charge in [0.25, 0.3) is 6.43 Å². The SMILES string of the molecule is O=C(Nc1ccccc1)NC1CCN(CC(F)F)CC1c1ccc(Cl)cn1. The average Bonchev–Trinajstić information content (AvgIpc) is 2.64. The summed E-state index contributed by atoms with van der Waals surface area (Å²) in [7, 11) is 0. The summed E-state index contributed by atoms with van der Waals surface area (Å²) >= 11 is 5.91. The lowest BCUT2D eigenvalue weighted by molar-refractivity contribution is 0.0671. The van der Waals surface area contributed by atoms with Gasteiger partial charge in [0, 0.05) is 42.6 Å². The summed E-state index contributed by atoms with van der Waals surface area (Å²) in [5, 5.41) is 6.26. The molecule has 144 valence electrons. The monoisotopic (exact) mass is 394 g/mol. The van der Waals surface area contributed by atoms with Gasteiger partial charge in [-0.1, -0.05) is 29.8 Å². The van der Waals surface area contributed by atoms with E-state index in [1.165, 1.54) is 6.20 Å². The number of aromatic nitrogens is 1. The number of halogens is 3. The maximum absolute atomic E-state index is 12.8. The number of urea groups is 1. The number of benzene rings is 1. The molecule has 1 fully saturated rings. The van der Waals surface area contributed by atoms with Crippen molar-refractivity contribution in [3.63, 3.8) is 0 Å². The van der Waals surface area contributed by atoms with Crippen molar-refractivity contribution in [3.8, 4) is 0 Å². The van der Waals surface area contributed by atoms with Gasteiger partial charge in [-0.25, -0.2) is 13.6 Å². The molecule has 5 nitrogen and oxygen atoms in total. The highest BCUT2D eigenvalue weighted by atomic mass is 35.5. The van der Waals surface area contributed by atoms with Gasteiger partial charge in [-0.05, 0) is 30.7 Å². The van der Waals surface area contributed by atoms with Crippen LogP contribution in [-0.2, 0) is 0 Å². The van der Waals surface area contributed by atoms with Crippen molar-refractivity contribution in [2.75, 3.05) is 25.0 Å². The molecule has 1 aromatic carbocycles. The fourth-order valence-corrected chi connectivity index (χ4v) is 3.43. The van der Waals surface area contributed by atoms with Gasteiger partial charge in [0.2, 0.25) is 0 Å². The van der Waals surface area contributed by atoms with Crippen LogP contribution in [0.1, 0.15) is 18.0 Å². The normalized spacial score (nSPS) is 20.4. The molecular weight excluding hydrogens is 374 g/mol. The number of carbonyl (C=O) groups excluding carboxylic acids is 1. The predicted molar refractivity (Wildman–Crippen MR) is 101 cm³/mol. The van der Waals surface area contributed by atoms with E-state index in [0.29, 0.717) is 30.2 Å². The number of rotatable bonds is 5. The lowest BCUT2D eigenvalue weighted by atomic mass is 9.89. The van der Waals surface area contributed by atoms with Crippen LogP contribution in [0.5, 0.6) is 0 Å². The van der Waals surface area contributed by atoms with Crippen molar-refractivity contribution in [2.24, 2.45) is 0 Å².